The van der Waals surface area contributed by atoms with Crippen LogP contribution in [0, 0.1) is 0 Å². The van der Waals surface area contributed by atoms with Crippen molar-refractivity contribution in [3.05, 3.63) is 29.8 Å². The second-order valence-corrected chi connectivity index (χ2v) is 6.69. The van der Waals surface area contributed by atoms with E-state index in [-0.39, 0.29) is 30.7 Å². The Morgan fingerprint density at radius 1 is 1.21 bits per heavy atom. The third kappa shape index (κ3) is 6.86. The Hall–Kier alpha value is -2.94. The fourth-order valence-corrected chi connectivity index (χ4v) is 2.96. The molecule has 1 aromatic carbocycles. The van der Waals surface area contributed by atoms with Gasteiger partial charge in [-0.2, -0.15) is 0 Å². The Bertz CT molecular complexity index is 735. The van der Waals surface area contributed by atoms with E-state index in [1.54, 1.807) is 29.2 Å². The van der Waals surface area contributed by atoms with Crippen molar-refractivity contribution < 1.29 is 23.9 Å². The average molecular weight is 404 g/mol. The molecule has 0 radical (unpaired) electrons. The molecule has 3 amide bonds. The summed E-state index contributed by atoms with van der Waals surface area (Å²) in [5, 5.41) is 8.17. The summed E-state index contributed by atoms with van der Waals surface area (Å²) in [7, 11) is 0. The SMILES string of the molecule is CCCOC(=O)CC1C(=O)NCCN1CC(=O)Nc1ccc(C(=O)NCC)cc1. The maximum atomic E-state index is 12.4. The number of rotatable bonds is 9. The van der Waals surface area contributed by atoms with Gasteiger partial charge in [-0.05, 0) is 37.6 Å². The van der Waals surface area contributed by atoms with Gasteiger partial charge in [0.05, 0.1) is 19.6 Å². The molecular formula is C20H28N4O5. The summed E-state index contributed by atoms with van der Waals surface area (Å²) in [4.78, 5) is 50.0. The van der Waals surface area contributed by atoms with Crippen molar-refractivity contribution in [2.45, 2.75) is 32.7 Å². The van der Waals surface area contributed by atoms with Gasteiger partial charge in [-0.1, -0.05) is 6.92 Å². The van der Waals surface area contributed by atoms with Crippen LogP contribution in [0.4, 0.5) is 5.69 Å². The van der Waals surface area contributed by atoms with Crippen LogP contribution in [-0.4, -0.2) is 67.4 Å². The molecule has 158 valence electrons. The van der Waals surface area contributed by atoms with E-state index in [1.807, 2.05) is 13.8 Å². The molecule has 1 aliphatic rings. The summed E-state index contributed by atoms with van der Waals surface area (Å²) in [6.45, 7) is 5.41. The first-order valence-corrected chi connectivity index (χ1v) is 9.80. The summed E-state index contributed by atoms with van der Waals surface area (Å²) in [5.74, 6) is -1.23. The number of piperazine rings is 1. The highest BCUT2D eigenvalue weighted by molar-refractivity contribution is 5.96. The van der Waals surface area contributed by atoms with Crippen LogP contribution < -0.4 is 16.0 Å². The number of carbonyl (C=O) groups is 4. The average Bonchev–Trinajstić information content (AvgIpc) is 2.69. The number of nitrogens with one attached hydrogen (secondary N) is 3. The second-order valence-electron chi connectivity index (χ2n) is 6.69. The molecule has 2 rings (SSSR count). The lowest BCUT2D eigenvalue weighted by Gasteiger charge is -2.33. The summed E-state index contributed by atoms with van der Waals surface area (Å²) in [5.41, 5.74) is 1.05. The van der Waals surface area contributed by atoms with Crippen molar-refractivity contribution in [2.75, 3.05) is 38.1 Å². The van der Waals surface area contributed by atoms with E-state index >= 15 is 0 Å². The number of benzene rings is 1. The molecule has 0 saturated carbocycles. The number of ether oxygens (including phenoxy) is 1. The lowest BCUT2D eigenvalue weighted by molar-refractivity contribution is -0.148. The van der Waals surface area contributed by atoms with Crippen LogP contribution in [0.2, 0.25) is 0 Å². The fraction of sp³-hybridized carbons (Fsp3) is 0.500. The summed E-state index contributed by atoms with van der Waals surface area (Å²) in [6, 6.07) is 5.80. The number of nitrogens with zero attached hydrogens (tertiary/aromatic N) is 1. The highest BCUT2D eigenvalue weighted by Crippen LogP contribution is 2.13. The minimum Gasteiger partial charge on any atom is -0.466 e. The Morgan fingerprint density at radius 3 is 2.59 bits per heavy atom. The van der Waals surface area contributed by atoms with Crippen molar-refractivity contribution in [3.8, 4) is 0 Å². The van der Waals surface area contributed by atoms with Crippen molar-refractivity contribution in [2.24, 2.45) is 0 Å². The molecule has 0 spiro atoms. The number of carbonyl (C=O) groups excluding carboxylic acids is 4. The van der Waals surface area contributed by atoms with Crippen molar-refractivity contribution in [1.82, 2.24) is 15.5 Å². The molecule has 1 heterocycles. The van der Waals surface area contributed by atoms with E-state index in [9.17, 15) is 19.2 Å². The van der Waals surface area contributed by atoms with E-state index in [0.29, 0.717) is 43.9 Å². The number of anilines is 1. The molecular weight excluding hydrogens is 376 g/mol. The minimum atomic E-state index is -0.737. The third-order valence-electron chi connectivity index (χ3n) is 4.38. The van der Waals surface area contributed by atoms with E-state index in [0.717, 1.165) is 0 Å². The zero-order chi connectivity index (χ0) is 21.2. The zero-order valence-corrected chi connectivity index (χ0v) is 16.8. The first-order chi connectivity index (χ1) is 13.9. The van der Waals surface area contributed by atoms with Gasteiger partial charge in [-0.25, -0.2) is 0 Å². The topological polar surface area (TPSA) is 117 Å². The Morgan fingerprint density at radius 2 is 1.93 bits per heavy atom. The van der Waals surface area contributed by atoms with Gasteiger partial charge in [-0.3, -0.25) is 24.1 Å². The molecule has 3 N–H and O–H groups in total. The van der Waals surface area contributed by atoms with Gasteiger partial charge in [0.25, 0.3) is 5.91 Å². The number of amides is 3. The van der Waals surface area contributed by atoms with E-state index in [2.05, 4.69) is 16.0 Å². The predicted molar refractivity (Wildman–Crippen MR) is 107 cm³/mol. The first kappa shape index (κ1) is 22.4. The summed E-state index contributed by atoms with van der Waals surface area (Å²) < 4.78 is 5.06. The molecule has 1 aromatic rings. The maximum absolute atomic E-state index is 12.4. The van der Waals surface area contributed by atoms with Crippen LogP contribution in [0.3, 0.4) is 0 Å². The monoisotopic (exact) mass is 404 g/mol. The molecule has 9 nitrogen and oxygen atoms in total. The smallest absolute Gasteiger partial charge is 0.307 e. The molecule has 1 aliphatic heterocycles. The largest absolute Gasteiger partial charge is 0.466 e. The van der Waals surface area contributed by atoms with Crippen molar-refractivity contribution in [3.63, 3.8) is 0 Å². The Labute approximate surface area is 170 Å². The van der Waals surface area contributed by atoms with Gasteiger partial charge in [0, 0.05) is 30.9 Å². The number of hydrogen-bond acceptors (Lipinski definition) is 6. The minimum absolute atomic E-state index is 0.0305. The summed E-state index contributed by atoms with van der Waals surface area (Å²) >= 11 is 0. The molecule has 1 atom stereocenters. The van der Waals surface area contributed by atoms with Gasteiger partial charge >= 0.3 is 5.97 Å². The van der Waals surface area contributed by atoms with Gasteiger partial charge < -0.3 is 20.7 Å². The number of hydrogen-bond donors (Lipinski definition) is 3. The molecule has 1 fully saturated rings. The predicted octanol–water partition coefficient (Wildman–Crippen LogP) is 0.519. The van der Waals surface area contributed by atoms with Crippen molar-refractivity contribution in [1.29, 1.82) is 0 Å². The highest BCUT2D eigenvalue weighted by Gasteiger charge is 2.33. The molecule has 0 aliphatic carbocycles. The van der Waals surface area contributed by atoms with E-state index < -0.39 is 12.0 Å². The van der Waals surface area contributed by atoms with Crippen LogP contribution in [0.1, 0.15) is 37.0 Å². The van der Waals surface area contributed by atoms with Crippen LogP contribution >= 0.6 is 0 Å². The van der Waals surface area contributed by atoms with Gasteiger partial charge in [0.1, 0.15) is 6.04 Å². The van der Waals surface area contributed by atoms with Crippen LogP contribution in [-0.2, 0) is 19.1 Å². The number of esters is 1. The normalized spacial score (nSPS) is 16.6. The Kier molecular flexibility index (Phi) is 8.60. The highest BCUT2D eigenvalue weighted by atomic mass is 16.5. The molecule has 1 unspecified atom stereocenters. The van der Waals surface area contributed by atoms with Crippen LogP contribution in [0.25, 0.3) is 0 Å². The fourth-order valence-electron chi connectivity index (χ4n) is 2.96. The van der Waals surface area contributed by atoms with Crippen LogP contribution in [0.5, 0.6) is 0 Å². The molecule has 29 heavy (non-hydrogen) atoms. The van der Waals surface area contributed by atoms with Gasteiger partial charge in [-0.15, -0.1) is 0 Å². The Balaban J connectivity index is 1.93. The van der Waals surface area contributed by atoms with Gasteiger partial charge in [0.15, 0.2) is 0 Å². The third-order valence-corrected chi connectivity index (χ3v) is 4.38. The maximum Gasteiger partial charge on any atom is 0.307 e. The molecule has 1 saturated heterocycles. The summed E-state index contributed by atoms with van der Waals surface area (Å²) in [6.07, 6.45) is 0.605. The zero-order valence-electron chi connectivity index (χ0n) is 16.8. The van der Waals surface area contributed by atoms with Crippen LogP contribution in [0.15, 0.2) is 24.3 Å². The standard InChI is InChI=1S/C20H28N4O5/c1-3-11-29-18(26)12-16-20(28)22-9-10-24(16)13-17(25)23-15-7-5-14(6-8-15)19(27)21-4-2/h5-8,16H,3-4,9-13H2,1-2H3,(H,21,27)(H,22,28)(H,23,25). The van der Waals surface area contributed by atoms with Gasteiger partial charge in [0.2, 0.25) is 11.8 Å². The lowest BCUT2D eigenvalue weighted by Crippen LogP contribution is -2.57. The van der Waals surface area contributed by atoms with E-state index in [4.69, 9.17) is 4.74 Å². The second kappa shape index (κ2) is 11.2. The quantitative estimate of drug-likeness (QED) is 0.517. The molecule has 0 bridgehead atoms. The van der Waals surface area contributed by atoms with Crippen molar-refractivity contribution >= 4 is 29.4 Å². The molecule has 9 heteroatoms. The lowest BCUT2D eigenvalue weighted by atomic mass is 10.1. The molecule has 0 aromatic heterocycles. The first-order valence-electron chi connectivity index (χ1n) is 9.80. The van der Waals surface area contributed by atoms with E-state index in [1.165, 1.54) is 0 Å².